The third-order valence-electron chi connectivity index (χ3n) is 13.5. The molecule has 0 aliphatic carbocycles. The summed E-state index contributed by atoms with van der Waals surface area (Å²) in [6.07, 6.45) is -7.86. The lowest BCUT2D eigenvalue weighted by Gasteiger charge is -2.42. The predicted octanol–water partition coefficient (Wildman–Crippen LogP) is -4.99. The van der Waals surface area contributed by atoms with Gasteiger partial charge in [0.2, 0.25) is 41.4 Å². The third-order valence-corrected chi connectivity index (χ3v) is 13.5. The van der Waals surface area contributed by atoms with E-state index < -0.39 is 110 Å². The van der Waals surface area contributed by atoms with Gasteiger partial charge in [0.15, 0.2) is 12.6 Å². The molecule has 2 heterocycles. The molecule has 3 rings (SSSR count). The number of benzene rings is 1. The Kier molecular flexibility index (Phi) is 40.5. The van der Waals surface area contributed by atoms with E-state index >= 15 is 0 Å². The van der Waals surface area contributed by atoms with Gasteiger partial charge in [-0.1, -0.05) is 6.92 Å². The molecule has 0 spiro atoms. The zero-order valence-electron chi connectivity index (χ0n) is 52.3. The molecule has 10 atom stereocenters. The molecule has 0 radical (unpaired) electrons. The first-order valence-electron chi connectivity index (χ1n) is 30.8. The summed E-state index contributed by atoms with van der Waals surface area (Å²) in [4.78, 5) is 113. The van der Waals surface area contributed by atoms with E-state index in [0.717, 1.165) is 6.42 Å². The second-order valence-electron chi connectivity index (χ2n) is 21.1. The van der Waals surface area contributed by atoms with Crippen LogP contribution in [0.1, 0.15) is 106 Å². The number of hydrogen-bond acceptors (Lipinski definition) is 24. The fraction of sp³-hybridized carbons (Fsp3) is 0.741. The Bertz CT molecular complexity index is 2220. The van der Waals surface area contributed by atoms with E-state index in [2.05, 4.69) is 47.9 Å². The minimum absolute atomic E-state index is 0.00397. The van der Waals surface area contributed by atoms with E-state index in [4.69, 9.17) is 42.6 Å². The summed E-state index contributed by atoms with van der Waals surface area (Å²) in [5.41, 5.74) is -0.00793. The standard InChI is InChI=1S/C58H97N9O24/c1-4-21-83-26-28-85-30-31-86-29-27-84-24-13-48(76)63-20-25-87-41-33-39(55(81)64-14-11-46(74)61-18-16-59-44(72)9-5-7-22-88-57-49(66-37(2)70)53(79)51(77)42(35-68)90-57)32-40(34-41)56(82)65-15-12-47(75)62-19-17-60-45(73)10-6-8-23-89-58-50(67-38(3)71)54(80)52(78)43(36-69)91-58/h32-34,42-43,49-54,57-58,68-69,77-80H,4-31,35-36H2,1-3H3,(H,59,72)(H,60,73)(H,61,74)(H,62,75)(H,63,76)(H,64,81)(H,65,82)(H,66,70)(H,67,71). The van der Waals surface area contributed by atoms with Crippen molar-refractivity contribution in [2.45, 2.75) is 146 Å². The van der Waals surface area contributed by atoms with Crippen LogP contribution >= 0.6 is 0 Å². The van der Waals surface area contributed by atoms with Gasteiger partial charge in [-0.25, -0.2) is 0 Å². The summed E-state index contributed by atoms with van der Waals surface area (Å²) in [7, 11) is 0. The maximum absolute atomic E-state index is 13.4. The molecule has 0 bridgehead atoms. The third kappa shape index (κ3) is 33.2. The van der Waals surface area contributed by atoms with Crippen molar-refractivity contribution in [3.05, 3.63) is 29.3 Å². The van der Waals surface area contributed by atoms with E-state index in [9.17, 15) is 73.8 Å². The lowest BCUT2D eigenvalue weighted by atomic mass is 9.97. The van der Waals surface area contributed by atoms with Gasteiger partial charge in [0, 0.05) is 116 Å². The van der Waals surface area contributed by atoms with Gasteiger partial charge in [0.1, 0.15) is 61.1 Å². The first kappa shape index (κ1) is 78.9. The van der Waals surface area contributed by atoms with Crippen molar-refractivity contribution in [1.82, 2.24) is 47.9 Å². The monoisotopic (exact) mass is 1300 g/mol. The van der Waals surface area contributed by atoms with E-state index in [1.807, 2.05) is 6.92 Å². The van der Waals surface area contributed by atoms with E-state index in [-0.39, 0.29) is 146 Å². The zero-order chi connectivity index (χ0) is 66.8. The molecule has 2 aliphatic heterocycles. The number of nitrogens with one attached hydrogen (secondary N) is 9. The number of carbonyl (C=O) groups excluding carboxylic acids is 9. The molecular weight excluding hydrogens is 1210 g/mol. The molecule has 1 aromatic carbocycles. The first-order chi connectivity index (χ1) is 43.8. The van der Waals surface area contributed by atoms with Crippen molar-refractivity contribution in [2.24, 2.45) is 0 Å². The van der Waals surface area contributed by atoms with Crippen LogP contribution in [0, 0.1) is 0 Å². The fourth-order valence-electron chi connectivity index (χ4n) is 8.81. The molecule has 9 amide bonds. The van der Waals surface area contributed by atoms with E-state index in [1.165, 1.54) is 32.0 Å². The van der Waals surface area contributed by atoms with Gasteiger partial charge in [-0.15, -0.1) is 0 Å². The van der Waals surface area contributed by atoms with Crippen molar-refractivity contribution in [3.63, 3.8) is 0 Å². The minimum atomic E-state index is -1.45. The molecule has 33 nitrogen and oxygen atoms in total. The van der Waals surface area contributed by atoms with Gasteiger partial charge in [-0.2, -0.15) is 0 Å². The number of rotatable bonds is 48. The van der Waals surface area contributed by atoms with Gasteiger partial charge < -0.3 is 121 Å². The SMILES string of the molecule is CCCOCCOCCOCCOCCC(=O)NCCOc1cc(C(=O)NCCC(=O)NCCNC(=O)CCCCOC2OC(CO)C(O)C(O)C2NC(C)=O)cc(C(=O)NCCC(=O)NCCNC(=O)CCCCOC2OC(CO)C(O)C(O)C2NC(C)=O)c1. The largest absolute Gasteiger partial charge is 0.492 e. The Balaban J connectivity index is 1.41. The number of amides is 9. The summed E-state index contributed by atoms with van der Waals surface area (Å²) in [6, 6.07) is 1.88. The summed E-state index contributed by atoms with van der Waals surface area (Å²) in [5, 5.41) is 83.8. The second-order valence-corrected chi connectivity index (χ2v) is 21.1. The number of unbranched alkanes of at least 4 members (excludes halogenated alkanes) is 2. The highest BCUT2D eigenvalue weighted by atomic mass is 16.7. The quantitative estimate of drug-likeness (QED) is 0.0272. The molecule has 2 aliphatic rings. The Morgan fingerprint density at radius 3 is 1.19 bits per heavy atom. The van der Waals surface area contributed by atoms with Gasteiger partial charge in [0.05, 0.1) is 66.0 Å². The smallest absolute Gasteiger partial charge is 0.251 e. The number of hydrogen-bond donors (Lipinski definition) is 15. The molecule has 0 aromatic heterocycles. The molecule has 1 aromatic rings. The summed E-state index contributed by atoms with van der Waals surface area (Å²) in [6.45, 7) is 6.87. The molecule has 33 heteroatoms. The fourth-order valence-corrected chi connectivity index (χ4v) is 8.81. The Morgan fingerprint density at radius 1 is 0.418 bits per heavy atom. The van der Waals surface area contributed by atoms with Crippen LogP contribution in [0.25, 0.3) is 0 Å². The van der Waals surface area contributed by atoms with Crippen LogP contribution in [-0.2, 0) is 71.5 Å². The van der Waals surface area contributed by atoms with Crippen LogP contribution in [0.5, 0.6) is 5.75 Å². The minimum Gasteiger partial charge on any atom is -0.492 e. The van der Waals surface area contributed by atoms with Crippen LogP contribution in [0.3, 0.4) is 0 Å². The predicted molar refractivity (Wildman–Crippen MR) is 319 cm³/mol. The van der Waals surface area contributed by atoms with Crippen LogP contribution in [0.4, 0.5) is 0 Å². The maximum atomic E-state index is 13.4. The summed E-state index contributed by atoms with van der Waals surface area (Å²) in [5.74, 6) is -3.97. The number of ether oxygens (including phenoxy) is 9. The topological polar surface area (TPSA) is 466 Å². The van der Waals surface area contributed by atoms with Crippen molar-refractivity contribution >= 4 is 53.2 Å². The first-order valence-corrected chi connectivity index (χ1v) is 30.8. The van der Waals surface area contributed by atoms with Crippen molar-refractivity contribution in [2.75, 3.05) is 132 Å². The van der Waals surface area contributed by atoms with Gasteiger partial charge in [-0.05, 0) is 50.3 Å². The zero-order valence-corrected chi connectivity index (χ0v) is 52.3. The summed E-state index contributed by atoms with van der Waals surface area (Å²) < 4.78 is 49.9. The van der Waals surface area contributed by atoms with E-state index in [0.29, 0.717) is 65.3 Å². The van der Waals surface area contributed by atoms with Gasteiger partial charge in [-0.3, -0.25) is 43.2 Å². The molecule has 518 valence electrons. The molecule has 0 saturated carbocycles. The normalized spacial score (nSPS) is 21.2. The lowest BCUT2D eigenvalue weighted by molar-refractivity contribution is -0.270. The molecule has 2 saturated heterocycles. The van der Waals surface area contributed by atoms with Crippen molar-refractivity contribution in [3.8, 4) is 5.75 Å². The number of aliphatic hydroxyl groups is 6. The lowest BCUT2D eigenvalue weighted by Crippen LogP contribution is -2.64. The highest BCUT2D eigenvalue weighted by Crippen LogP contribution is 2.24. The van der Waals surface area contributed by atoms with Crippen molar-refractivity contribution < 1.29 is 116 Å². The maximum Gasteiger partial charge on any atom is 0.251 e. The average Bonchev–Trinajstić information content (AvgIpc) is 0.892. The van der Waals surface area contributed by atoms with Crippen molar-refractivity contribution in [1.29, 1.82) is 0 Å². The summed E-state index contributed by atoms with van der Waals surface area (Å²) >= 11 is 0. The Hall–Kier alpha value is -6.31. The molecule has 10 unspecified atom stereocenters. The number of aliphatic hydroxyl groups excluding tert-OH is 6. The van der Waals surface area contributed by atoms with Crippen LogP contribution < -0.4 is 52.6 Å². The molecule has 15 N–H and O–H groups in total. The van der Waals surface area contributed by atoms with Crippen LogP contribution in [0.15, 0.2) is 18.2 Å². The van der Waals surface area contributed by atoms with Gasteiger partial charge >= 0.3 is 0 Å². The highest BCUT2D eigenvalue weighted by molar-refractivity contribution is 6.00. The van der Waals surface area contributed by atoms with Crippen LogP contribution in [0.2, 0.25) is 0 Å². The average molecular weight is 1300 g/mol. The second kappa shape index (κ2) is 46.7. The Morgan fingerprint density at radius 2 is 0.791 bits per heavy atom. The molecule has 2 fully saturated rings. The Labute approximate surface area is 529 Å². The van der Waals surface area contributed by atoms with E-state index in [1.54, 1.807) is 0 Å². The number of carbonyl (C=O) groups is 9. The van der Waals surface area contributed by atoms with Gasteiger partial charge in [0.25, 0.3) is 11.8 Å². The molecular formula is C58H97N9O24. The van der Waals surface area contributed by atoms with Crippen LogP contribution in [-0.4, -0.2) is 277 Å². The molecule has 91 heavy (non-hydrogen) atoms. The highest BCUT2D eigenvalue weighted by Gasteiger charge is 2.46.